The predicted octanol–water partition coefficient (Wildman–Crippen LogP) is 3.89. The summed E-state index contributed by atoms with van der Waals surface area (Å²) in [6.45, 7) is 2.97. The van der Waals surface area contributed by atoms with Gasteiger partial charge in [-0.05, 0) is 18.8 Å². The SMILES string of the molecule is CC1CCCC(OCc2cnc(Cl)s2)C1. The van der Waals surface area contributed by atoms with E-state index in [9.17, 15) is 0 Å². The number of nitrogens with zero attached hydrogens (tertiary/aromatic N) is 1. The molecule has 15 heavy (non-hydrogen) atoms. The molecule has 1 aromatic rings. The van der Waals surface area contributed by atoms with E-state index in [0.717, 1.165) is 10.8 Å². The van der Waals surface area contributed by atoms with Crippen LogP contribution in [-0.2, 0) is 11.3 Å². The van der Waals surface area contributed by atoms with Crippen molar-refractivity contribution in [2.75, 3.05) is 0 Å². The van der Waals surface area contributed by atoms with Crippen molar-refractivity contribution in [2.45, 2.75) is 45.3 Å². The first-order chi connectivity index (χ1) is 7.24. The summed E-state index contributed by atoms with van der Waals surface area (Å²) in [5, 5.41) is 0. The molecule has 84 valence electrons. The van der Waals surface area contributed by atoms with Gasteiger partial charge in [-0.3, -0.25) is 0 Å². The number of thiazole rings is 1. The maximum Gasteiger partial charge on any atom is 0.183 e. The van der Waals surface area contributed by atoms with Gasteiger partial charge < -0.3 is 4.74 Å². The first kappa shape index (κ1) is 11.4. The predicted molar refractivity (Wildman–Crippen MR) is 63.3 cm³/mol. The highest BCUT2D eigenvalue weighted by atomic mass is 35.5. The molecule has 1 saturated carbocycles. The van der Waals surface area contributed by atoms with Crippen molar-refractivity contribution in [3.63, 3.8) is 0 Å². The zero-order valence-electron chi connectivity index (χ0n) is 8.91. The fourth-order valence-electron chi connectivity index (χ4n) is 2.08. The van der Waals surface area contributed by atoms with Crippen LogP contribution >= 0.6 is 22.9 Å². The second-order valence-corrected chi connectivity index (χ2v) is 5.98. The summed E-state index contributed by atoms with van der Waals surface area (Å²) >= 11 is 7.26. The fourth-order valence-corrected chi connectivity index (χ4v) is 2.98. The molecule has 1 aliphatic carbocycles. The van der Waals surface area contributed by atoms with Gasteiger partial charge in [-0.15, -0.1) is 11.3 Å². The lowest BCUT2D eigenvalue weighted by Gasteiger charge is -2.26. The lowest BCUT2D eigenvalue weighted by Crippen LogP contribution is -2.21. The first-order valence-corrected chi connectivity index (χ1v) is 6.65. The minimum atomic E-state index is 0.439. The molecule has 0 N–H and O–H groups in total. The molecule has 0 aromatic carbocycles. The Morgan fingerprint density at radius 3 is 3.13 bits per heavy atom. The average Bonchev–Trinajstić information content (AvgIpc) is 2.62. The van der Waals surface area contributed by atoms with Gasteiger partial charge in [0.15, 0.2) is 4.47 Å². The molecular formula is C11H16ClNOS. The minimum absolute atomic E-state index is 0.439. The lowest BCUT2D eigenvalue weighted by molar-refractivity contribution is 0.00584. The summed E-state index contributed by atoms with van der Waals surface area (Å²) < 4.78 is 6.47. The van der Waals surface area contributed by atoms with Gasteiger partial charge in [0.05, 0.1) is 17.6 Å². The second-order valence-electron chi connectivity index (χ2n) is 4.28. The molecule has 2 rings (SSSR count). The minimum Gasteiger partial charge on any atom is -0.373 e. The summed E-state index contributed by atoms with van der Waals surface area (Å²) in [6, 6.07) is 0. The number of ether oxygens (including phenoxy) is 1. The molecule has 2 unspecified atom stereocenters. The van der Waals surface area contributed by atoms with E-state index in [1.807, 2.05) is 0 Å². The van der Waals surface area contributed by atoms with E-state index < -0.39 is 0 Å². The van der Waals surface area contributed by atoms with E-state index in [2.05, 4.69) is 11.9 Å². The van der Waals surface area contributed by atoms with Crippen LogP contribution in [-0.4, -0.2) is 11.1 Å². The van der Waals surface area contributed by atoms with E-state index in [1.165, 1.54) is 37.0 Å². The van der Waals surface area contributed by atoms with Gasteiger partial charge in [0.25, 0.3) is 0 Å². The maximum atomic E-state index is 5.86. The molecule has 1 aromatic heterocycles. The third kappa shape index (κ3) is 3.44. The van der Waals surface area contributed by atoms with Crippen molar-refractivity contribution < 1.29 is 4.74 Å². The van der Waals surface area contributed by atoms with Crippen molar-refractivity contribution >= 4 is 22.9 Å². The van der Waals surface area contributed by atoms with Gasteiger partial charge in [0.1, 0.15) is 0 Å². The van der Waals surface area contributed by atoms with Crippen LogP contribution < -0.4 is 0 Å². The monoisotopic (exact) mass is 245 g/mol. The molecule has 1 aliphatic rings. The number of hydrogen-bond donors (Lipinski definition) is 0. The zero-order valence-corrected chi connectivity index (χ0v) is 10.5. The van der Waals surface area contributed by atoms with E-state index in [-0.39, 0.29) is 0 Å². The van der Waals surface area contributed by atoms with Crippen LogP contribution in [0.25, 0.3) is 0 Å². The highest BCUT2D eigenvalue weighted by Crippen LogP contribution is 2.27. The Bertz CT molecular complexity index is 315. The molecule has 0 radical (unpaired) electrons. The summed E-state index contributed by atoms with van der Waals surface area (Å²) in [7, 11) is 0. The van der Waals surface area contributed by atoms with E-state index in [0.29, 0.717) is 17.2 Å². The highest BCUT2D eigenvalue weighted by Gasteiger charge is 2.19. The normalized spacial score (nSPS) is 26.8. The topological polar surface area (TPSA) is 22.1 Å². The van der Waals surface area contributed by atoms with Crippen LogP contribution in [0.15, 0.2) is 6.20 Å². The largest absolute Gasteiger partial charge is 0.373 e. The average molecular weight is 246 g/mol. The Balaban J connectivity index is 1.77. The zero-order chi connectivity index (χ0) is 10.7. The third-order valence-corrected chi connectivity index (χ3v) is 3.96. The Hall–Kier alpha value is -0.120. The van der Waals surface area contributed by atoms with Gasteiger partial charge in [-0.1, -0.05) is 31.4 Å². The summed E-state index contributed by atoms with van der Waals surface area (Å²) in [5.74, 6) is 0.814. The number of halogens is 1. The maximum absolute atomic E-state index is 5.86. The first-order valence-electron chi connectivity index (χ1n) is 5.46. The van der Waals surface area contributed by atoms with Crippen molar-refractivity contribution in [3.05, 3.63) is 15.5 Å². The lowest BCUT2D eigenvalue weighted by atomic mass is 9.89. The van der Waals surface area contributed by atoms with Crippen molar-refractivity contribution in [1.82, 2.24) is 4.98 Å². The van der Waals surface area contributed by atoms with E-state index in [1.54, 1.807) is 6.20 Å². The van der Waals surface area contributed by atoms with E-state index in [4.69, 9.17) is 16.3 Å². The smallest absolute Gasteiger partial charge is 0.183 e. The number of rotatable bonds is 3. The van der Waals surface area contributed by atoms with Crippen LogP contribution in [0.2, 0.25) is 4.47 Å². The van der Waals surface area contributed by atoms with Gasteiger partial charge in [0.2, 0.25) is 0 Å². The van der Waals surface area contributed by atoms with Crippen LogP contribution in [0.4, 0.5) is 0 Å². The van der Waals surface area contributed by atoms with Gasteiger partial charge in [0, 0.05) is 6.20 Å². The Morgan fingerprint density at radius 2 is 2.47 bits per heavy atom. The summed E-state index contributed by atoms with van der Waals surface area (Å²) in [6.07, 6.45) is 7.30. The fraction of sp³-hybridized carbons (Fsp3) is 0.727. The van der Waals surface area contributed by atoms with Gasteiger partial charge in [-0.25, -0.2) is 4.98 Å². The van der Waals surface area contributed by atoms with Crippen molar-refractivity contribution in [3.8, 4) is 0 Å². The Labute approximate surface area is 99.6 Å². The highest BCUT2D eigenvalue weighted by molar-refractivity contribution is 7.15. The molecule has 4 heteroatoms. The van der Waals surface area contributed by atoms with Gasteiger partial charge in [-0.2, -0.15) is 0 Å². The number of hydrogen-bond acceptors (Lipinski definition) is 3. The second kappa shape index (κ2) is 5.28. The summed E-state index contributed by atoms with van der Waals surface area (Å²) in [4.78, 5) is 5.12. The van der Waals surface area contributed by atoms with Crippen LogP contribution in [0.1, 0.15) is 37.5 Å². The summed E-state index contributed by atoms with van der Waals surface area (Å²) in [5.41, 5.74) is 0. The van der Waals surface area contributed by atoms with Crippen molar-refractivity contribution in [2.24, 2.45) is 5.92 Å². The Kier molecular flexibility index (Phi) is 4.00. The third-order valence-electron chi connectivity index (χ3n) is 2.87. The molecule has 1 fully saturated rings. The van der Waals surface area contributed by atoms with Gasteiger partial charge >= 0.3 is 0 Å². The Morgan fingerprint density at radius 1 is 1.60 bits per heavy atom. The molecular weight excluding hydrogens is 230 g/mol. The quantitative estimate of drug-likeness (QED) is 0.806. The van der Waals surface area contributed by atoms with E-state index >= 15 is 0 Å². The molecule has 0 bridgehead atoms. The molecule has 1 heterocycles. The molecule has 2 atom stereocenters. The van der Waals surface area contributed by atoms with Crippen LogP contribution in [0.5, 0.6) is 0 Å². The molecule has 0 amide bonds. The standard InChI is InChI=1S/C11H16ClNOS/c1-8-3-2-4-9(5-8)14-7-10-6-13-11(12)15-10/h6,8-9H,2-5,7H2,1H3. The van der Waals surface area contributed by atoms with Crippen LogP contribution in [0, 0.1) is 5.92 Å². The molecule has 0 saturated heterocycles. The molecule has 0 aliphatic heterocycles. The van der Waals surface area contributed by atoms with Crippen molar-refractivity contribution in [1.29, 1.82) is 0 Å². The van der Waals surface area contributed by atoms with Crippen LogP contribution in [0.3, 0.4) is 0 Å². The molecule has 0 spiro atoms. The number of aromatic nitrogens is 1. The molecule has 2 nitrogen and oxygen atoms in total.